The summed E-state index contributed by atoms with van der Waals surface area (Å²) in [4.78, 5) is 21.0. The zero-order chi connectivity index (χ0) is 16.4. The summed E-state index contributed by atoms with van der Waals surface area (Å²) in [6.45, 7) is 5.91. The number of hydrogen-bond acceptors (Lipinski definition) is 4. The number of carbonyl (C=O) groups is 1. The van der Waals surface area contributed by atoms with Crippen LogP contribution in [0.2, 0.25) is 0 Å². The van der Waals surface area contributed by atoms with Gasteiger partial charge in [0.15, 0.2) is 5.65 Å². The van der Waals surface area contributed by atoms with Crippen LogP contribution in [0.25, 0.3) is 17.0 Å². The van der Waals surface area contributed by atoms with Crippen LogP contribution in [0.3, 0.4) is 0 Å². The predicted molar refractivity (Wildman–Crippen MR) is 88.2 cm³/mol. The molecule has 6 nitrogen and oxygen atoms in total. The van der Waals surface area contributed by atoms with Crippen molar-refractivity contribution in [3.8, 4) is 11.4 Å². The van der Waals surface area contributed by atoms with E-state index in [9.17, 15) is 4.79 Å². The number of carbonyl (C=O) groups excluding carboxylic acids is 1. The third kappa shape index (κ3) is 3.06. The van der Waals surface area contributed by atoms with E-state index in [1.807, 2.05) is 45.0 Å². The van der Waals surface area contributed by atoms with Crippen molar-refractivity contribution in [1.82, 2.24) is 24.9 Å². The number of aromatic nitrogens is 4. The quantitative estimate of drug-likeness (QED) is 0.804. The third-order valence-electron chi connectivity index (χ3n) is 3.76. The van der Waals surface area contributed by atoms with Crippen molar-refractivity contribution in [2.75, 3.05) is 0 Å². The van der Waals surface area contributed by atoms with E-state index in [0.29, 0.717) is 11.3 Å². The maximum Gasteiger partial charge on any atom is 0.270 e. The van der Waals surface area contributed by atoms with E-state index in [0.717, 1.165) is 23.5 Å². The Morgan fingerprint density at radius 1 is 1.30 bits per heavy atom. The molecule has 3 heterocycles. The van der Waals surface area contributed by atoms with Crippen LogP contribution < -0.4 is 5.32 Å². The standard InChI is InChI=1S/C17H19N5O/c1-4-11(2)19-17(23)15-9-12(3)22-16(20-15)10-14(21-22)13-7-5-6-8-18-13/h5-11H,4H2,1-3H3,(H,19,23). The van der Waals surface area contributed by atoms with Crippen LogP contribution in [0, 0.1) is 6.92 Å². The van der Waals surface area contributed by atoms with E-state index in [4.69, 9.17) is 0 Å². The molecule has 23 heavy (non-hydrogen) atoms. The highest BCUT2D eigenvalue weighted by molar-refractivity contribution is 5.93. The highest BCUT2D eigenvalue weighted by atomic mass is 16.1. The first-order valence-electron chi connectivity index (χ1n) is 7.68. The van der Waals surface area contributed by atoms with Gasteiger partial charge in [0.05, 0.1) is 5.69 Å². The highest BCUT2D eigenvalue weighted by Gasteiger charge is 2.14. The second-order valence-corrected chi connectivity index (χ2v) is 5.58. The maximum absolute atomic E-state index is 12.3. The Labute approximate surface area is 134 Å². The summed E-state index contributed by atoms with van der Waals surface area (Å²) in [7, 11) is 0. The van der Waals surface area contributed by atoms with E-state index in [2.05, 4.69) is 20.4 Å². The SMILES string of the molecule is CCC(C)NC(=O)c1cc(C)n2nc(-c3ccccn3)cc2n1. The lowest BCUT2D eigenvalue weighted by Crippen LogP contribution is -2.32. The van der Waals surface area contributed by atoms with Gasteiger partial charge in [-0.1, -0.05) is 13.0 Å². The zero-order valence-electron chi connectivity index (χ0n) is 13.4. The van der Waals surface area contributed by atoms with Crippen molar-refractivity contribution in [2.24, 2.45) is 0 Å². The number of fused-ring (bicyclic) bond motifs is 1. The molecular weight excluding hydrogens is 290 g/mol. The summed E-state index contributed by atoms with van der Waals surface area (Å²) in [5.74, 6) is -0.162. The molecule has 3 aromatic heterocycles. The van der Waals surface area contributed by atoms with Crippen LogP contribution in [0.4, 0.5) is 0 Å². The maximum atomic E-state index is 12.3. The Bertz CT molecular complexity index is 841. The van der Waals surface area contributed by atoms with E-state index in [-0.39, 0.29) is 11.9 Å². The van der Waals surface area contributed by atoms with Crippen molar-refractivity contribution >= 4 is 11.6 Å². The number of rotatable bonds is 4. The molecule has 0 spiro atoms. The minimum Gasteiger partial charge on any atom is -0.348 e. The van der Waals surface area contributed by atoms with Gasteiger partial charge in [0.25, 0.3) is 5.91 Å². The first kappa shape index (κ1) is 15.1. The van der Waals surface area contributed by atoms with Crippen molar-refractivity contribution in [1.29, 1.82) is 0 Å². The van der Waals surface area contributed by atoms with Crippen LogP contribution in [0.15, 0.2) is 36.5 Å². The third-order valence-corrected chi connectivity index (χ3v) is 3.76. The van der Waals surface area contributed by atoms with E-state index >= 15 is 0 Å². The fraction of sp³-hybridized carbons (Fsp3) is 0.294. The first-order chi connectivity index (χ1) is 11.1. The topological polar surface area (TPSA) is 72.2 Å². The molecule has 0 saturated carbocycles. The van der Waals surface area contributed by atoms with Crippen LogP contribution in [-0.2, 0) is 0 Å². The fourth-order valence-electron chi connectivity index (χ4n) is 2.28. The first-order valence-corrected chi connectivity index (χ1v) is 7.68. The smallest absolute Gasteiger partial charge is 0.270 e. The van der Waals surface area contributed by atoms with Crippen molar-refractivity contribution < 1.29 is 4.79 Å². The molecule has 3 aromatic rings. The molecule has 0 aliphatic carbocycles. The monoisotopic (exact) mass is 309 g/mol. The summed E-state index contributed by atoms with van der Waals surface area (Å²) in [5, 5.41) is 7.45. The van der Waals surface area contributed by atoms with Gasteiger partial charge in [-0.25, -0.2) is 9.50 Å². The summed E-state index contributed by atoms with van der Waals surface area (Å²) in [6, 6.07) is 9.38. The summed E-state index contributed by atoms with van der Waals surface area (Å²) in [6.07, 6.45) is 2.61. The number of hydrogen-bond donors (Lipinski definition) is 1. The molecular formula is C17H19N5O. The lowest BCUT2D eigenvalue weighted by molar-refractivity contribution is 0.0934. The van der Waals surface area contributed by atoms with Gasteiger partial charge in [-0.2, -0.15) is 5.10 Å². The zero-order valence-corrected chi connectivity index (χ0v) is 13.4. The van der Waals surface area contributed by atoms with Crippen LogP contribution in [-0.4, -0.2) is 31.5 Å². The lowest BCUT2D eigenvalue weighted by atomic mass is 10.2. The molecule has 1 unspecified atom stereocenters. The molecule has 6 heteroatoms. The van der Waals surface area contributed by atoms with Crippen LogP contribution >= 0.6 is 0 Å². The minimum absolute atomic E-state index is 0.120. The van der Waals surface area contributed by atoms with Gasteiger partial charge in [-0.15, -0.1) is 0 Å². The minimum atomic E-state index is -0.162. The Morgan fingerprint density at radius 3 is 2.83 bits per heavy atom. The van der Waals surface area contributed by atoms with Crippen LogP contribution in [0.1, 0.15) is 36.5 Å². The van der Waals surface area contributed by atoms with Gasteiger partial charge >= 0.3 is 0 Å². The van der Waals surface area contributed by atoms with E-state index < -0.39 is 0 Å². The number of nitrogens with one attached hydrogen (secondary N) is 1. The molecule has 118 valence electrons. The predicted octanol–water partition coefficient (Wildman–Crippen LogP) is 2.63. The van der Waals surface area contributed by atoms with E-state index in [1.54, 1.807) is 16.8 Å². The molecule has 0 saturated heterocycles. The van der Waals surface area contributed by atoms with Gasteiger partial charge < -0.3 is 5.32 Å². The molecule has 0 aromatic carbocycles. The van der Waals surface area contributed by atoms with Crippen molar-refractivity contribution in [2.45, 2.75) is 33.2 Å². The molecule has 3 rings (SSSR count). The molecule has 0 aliphatic rings. The van der Waals surface area contributed by atoms with Crippen molar-refractivity contribution in [3.63, 3.8) is 0 Å². The Kier molecular flexibility index (Phi) is 4.06. The lowest BCUT2D eigenvalue weighted by Gasteiger charge is -2.11. The molecule has 1 atom stereocenters. The van der Waals surface area contributed by atoms with Crippen LogP contribution in [0.5, 0.6) is 0 Å². The second kappa shape index (κ2) is 6.16. The van der Waals surface area contributed by atoms with E-state index in [1.165, 1.54) is 0 Å². The molecule has 0 radical (unpaired) electrons. The molecule has 0 bridgehead atoms. The normalized spacial score (nSPS) is 12.3. The van der Waals surface area contributed by atoms with Gasteiger partial charge in [-0.3, -0.25) is 9.78 Å². The summed E-state index contributed by atoms with van der Waals surface area (Å²) in [5.41, 5.74) is 3.41. The average molecular weight is 309 g/mol. The second-order valence-electron chi connectivity index (χ2n) is 5.58. The summed E-state index contributed by atoms with van der Waals surface area (Å²) < 4.78 is 1.73. The van der Waals surface area contributed by atoms with Gasteiger partial charge in [0.2, 0.25) is 0 Å². The Hall–Kier alpha value is -2.76. The number of nitrogens with zero attached hydrogens (tertiary/aromatic N) is 4. The number of aryl methyl sites for hydroxylation is 1. The average Bonchev–Trinajstić information content (AvgIpc) is 3.00. The van der Waals surface area contributed by atoms with Gasteiger partial charge in [-0.05, 0) is 38.5 Å². The van der Waals surface area contributed by atoms with Crippen molar-refractivity contribution in [3.05, 3.63) is 47.9 Å². The molecule has 0 fully saturated rings. The van der Waals surface area contributed by atoms with Gasteiger partial charge in [0, 0.05) is 24.0 Å². The molecule has 1 amide bonds. The fourth-order valence-corrected chi connectivity index (χ4v) is 2.28. The molecule has 0 aliphatic heterocycles. The summed E-state index contributed by atoms with van der Waals surface area (Å²) >= 11 is 0. The van der Waals surface area contributed by atoms with Gasteiger partial charge in [0.1, 0.15) is 11.4 Å². The Morgan fingerprint density at radius 2 is 2.13 bits per heavy atom. The highest BCUT2D eigenvalue weighted by Crippen LogP contribution is 2.17. The number of pyridine rings is 1. The number of amides is 1. The molecule has 1 N–H and O–H groups in total. The largest absolute Gasteiger partial charge is 0.348 e. The Balaban J connectivity index is 2.00.